The van der Waals surface area contributed by atoms with Gasteiger partial charge in [0, 0.05) is 0 Å². The lowest BCUT2D eigenvalue weighted by atomic mass is 9.65. The van der Waals surface area contributed by atoms with Crippen molar-refractivity contribution in [3.05, 3.63) is 0 Å². The summed E-state index contributed by atoms with van der Waals surface area (Å²) in [4.78, 5) is 0. The van der Waals surface area contributed by atoms with Crippen LogP contribution >= 0.6 is 0 Å². The largest absolute Gasteiger partial charge is 0.0654 e. The Morgan fingerprint density at radius 2 is 0.889 bits per heavy atom. The summed E-state index contributed by atoms with van der Waals surface area (Å²) in [5.41, 5.74) is 0. The van der Waals surface area contributed by atoms with E-state index in [1.165, 1.54) is 270 Å². The average molecular weight is 1000 g/mol. The summed E-state index contributed by atoms with van der Waals surface area (Å²) >= 11 is 0. The van der Waals surface area contributed by atoms with Crippen LogP contribution in [0.1, 0.15) is 381 Å². The van der Waals surface area contributed by atoms with Crippen LogP contribution in [0, 0.1) is 76.9 Å². The molecule has 0 aromatic carbocycles. The van der Waals surface area contributed by atoms with Gasteiger partial charge in [0.05, 0.1) is 0 Å². The van der Waals surface area contributed by atoms with Crippen molar-refractivity contribution in [2.75, 3.05) is 0 Å². The van der Waals surface area contributed by atoms with Crippen molar-refractivity contribution in [1.29, 1.82) is 0 Å². The van der Waals surface area contributed by atoms with Gasteiger partial charge in [-0.25, -0.2) is 0 Å². The van der Waals surface area contributed by atoms with Crippen molar-refractivity contribution < 1.29 is 0 Å². The molecule has 0 aromatic rings. The van der Waals surface area contributed by atoms with Crippen LogP contribution in [0.3, 0.4) is 0 Å². The molecule has 5 saturated carbocycles. The molecule has 10 unspecified atom stereocenters. The summed E-state index contributed by atoms with van der Waals surface area (Å²) in [6, 6.07) is 0. The van der Waals surface area contributed by atoms with Gasteiger partial charge in [0.15, 0.2) is 0 Å². The molecule has 0 N–H and O–H groups in total. The van der Waals surface area contributed by atoms with E-state index in [-0.39, 0.29) is 0 Å². The molecule has 0 heterocycles. The van der Waals surface area contributed by atoms with E-state index in [9.17, 15) is 0 Å². The summed E-state index contributed by atoms with van der Waals surface area (Å²) in [7, 11) is 0. The quantitative estimate of drug-likeness (QED) is 0.0685. The minimum Gasteiger partial charge on any atom is -0.0654 e. The van der Waals surface area contributed by atoms with E-state index in [0.717, 1.165) is 76.9 Å². The molecule has 0 bridgehead atoms. The minimum absolute atomic E-state index is 0.908. The van der Waals surface area contributed by atoms with E-state index in [2.05, 4.69) is 34.6 Å². The molecule has 5 aliphatic carbocycles. The highest BCUT2D eigenvalue weighted by Gasteiger charge is 2.34. The Bertz CT molecular complexity index is 1190. The highest BCUT2D eigenvalue weighted by atomic mass is 14.4. The van der Waals surface area contributed by atoms with Crippen molar-refractivity contribution in [3.8, 4) is 0 Å². The molecule has 11 atom stereocenters. The Hall–Kier alpha value is 0. The second-order valence-electron chi connectivity index (χ2n) is 28.7. The van der Waals surface area contributed by atoms with Crippen molar-refractivity contribution >= 4 is 0 Å². The van der Waals surface area contributed by atoms with Crippen LogP contribution in [0.2, 0.25) is 0 Å². The van der Waals surface area contributed by atoms with Crippen LogP contribution < -0.4 is 0 Å². The lowest BCUT2D eigenvalue weighted by Crippen LogP contribution is -2.29. The van der Waals surface area contributed by atoms with Gasteiger partial charge in [-0.1, -0.05) is 349 Å². The maximum atomic E-state index is 2.74. The first-order valence-electron chi connectivity index (χ1n) is 35.4. The first kappa shape index (κ1) is 62.8. The lowest BCUT2D eigenvalue weighted by Gasteiger charge is -2.40. The molecule has 0 saturated heterocycles. The molecule has 0 heteroatoms. The topological polar surface area (TPSA) is 0 Å². The summed E-state index contributed by atoms with van der Waals surface area (Å²) in [5.74, 6) is 13.0. The van der Waals surface area contributed by atoms with Gasteiger partial charge in [0.2, 0.25) is 0 Å². The zero-order valence-electron chi connectivity index (χ0n) is 50.7. The minimum atomic E-state index is 0.908. The smallest absolute Gasteiger partial charge is 0.0383 e. The van der Waals surface area contributed by atoms with E-state index >= 15 is 0 Å². The number of hydrogen-bond donors (Lipinski definition) is 0. The second-order valence-corrected chi connectivity index (χ2v) is 28.7. The third-order valence-electron chi connectivity index (χ3n) is 22.8. The maximum Gasteiger partial charge on any atom is -0.0383 e. The Kier molecular flexibility index (Phi) is 35.1. The van der Waals surface area contributed by atoms with Gasteiger partial charge >= 0.3 is 0 Å². The Balaban J connectivity index is 1.10. The van der Waals surface area contributed by atoms with Gasteiger partial charge in [-0.05, 0) is 109 Å². The van der Waals surface area contributed by atoms with Crippen molar-refractivity contribution in [3.63, 3.8) is 0 Å². The molecule has 72 heavy (non-hydrogen) atoms. The van der Waals surface area contributed by atoms with Gasteiger partial charge in [0.1, 0.15) is 0 Å². The maximum absolute atomic E-state index is 2.74. The number of rotatable bonds is 28. The van der Waals surface area contributed by atoms with Gasteiger partial charge in [0.25, 0.3) is 0 Å². The van der Waals surface area contributed by atoms with Crippen LogP contribution in [0.5, 0.6) is 0 Å². The van der Waals surface area contributed by atoms with Gasteiger partial charge in [-0.3, -0.25) is 0 Å². The fourth-order valence-corrected chi connectivity index (χ4v) is 17.7. The normalized spacial score (nSPS) is 29.1. The standard InChI is InChI=1S/C72H136/c1-6-7-43-69-50-38-51-71(63(69)5)57-62(4)68(46-34-25-21-22-28-39-64-40-29-26-30-41-64)47-35-27-31-42-65(58-66-54-55-70-48-36-37-49-72(70)59-66)53-52-60(2)56-61(3)67-44-32-23-19-17-15-13-11-9-8-10-12-14-16-18-20-24-33-45-67/h60-72H,6-59H2,1-5H3/t60-,61?,62?,63?,65?,66?,68?,69?,70?,71?,72?/m0/s1. The molecule has 0 aliphatic heterocycles. The highest BCUT2D eigenvalue weighted by Crippen LogP contribution is 2.46. The summed E-state index contributed by atoms with van der Waals surface area (Å²) in [6.45, 7) is 13.3. The monoisotopic (exact) mass is 1000 g/mol. The zero-order chi connectivity index (χ0) is 50.7. The predicted molar refractivity (Wildman–Crippen MR) is 323 cm³/mol. The molecule has 5 rings (SSSR count). The molecule has 0 aromatic heterocycles. The molecular weight excluding hydrogens is 865 g/mol. The second kappa shape index (κ2) is 40.2. The Morgan fingerprint density at radius 3 is 1.53 bits per heavy atom. The van der Waals surface area contributed by atoms with E-state index in [4.69, 9.17) is 0 Å². The average Bonchev–Trinajstić information content (AvgIpc) is 3.39. The molecule has 424 valence electrons. The third kappa shape index (κ3) is 27.0. The van der Waals surface area contributed by atoms with Gasteiger partial charge in [-0.15, -0.1) is 0 Å². The SMILES string of the molecule is CCCCC1CCCC(CC(C)C(CCCCCCCC2CCCCC2)CCCCCC(CC[C@H](C)CC(C)C2CCCCCCCCCCCCCCCCCCC2)CC2CCC3CCCCC3C2)C1C. The van der Waals surface area contributed by atoms with E-state index in [1.807, 2.05) is 0 Å². The van der Waals surface area contributed by atoms with Crippen LogP contribution in [0.25, 0.3) is 0 Å². The van der Waals surface area contributed by atoms with Crippen LogP contribution in [-0.2, 0) is 0 Å². The summed E-state index contributed by atoms with van der Waals surface area (Å²) < 4.78 is 0. The van der Waals surface area contributed by atoms with Crippen LogP contribution in [-0.4, -0.2) is 0 Å². The van der Waals surface area contributed by atoms with Crippen LogP contribution in [0.4, 0.5) is 0 Å². The van der Waals surface area contributed by atoms with Crippen molar-refractivity contribution in [2.24, 2.45) is 76.9 Å². The number of fused-ring (bicyclic) bond motifs is 1. The molecule has 5 fully saturated rings. The molecule has 0 spiro atoms. The van der Waals surface area contributed by atoms with Crippen LogP contribution in [0.15, 0.2) is 0 Å². The first-order chi connectivity index (χ1) is 35.4. The molecule has 5 aliphatic rings. The van der Waals surface area contributed by atoms with Gasteiger partial charge < -0.3 is 0 Å². The van der Waals surface area contributed by atoms with Crippen molar-refractivity contribution in [2.45, 2.75) is 381 Å². The molecule has 0 nitrogen and oxygen atoms in total. The fraction of sp³-hybridized carbons (Fsp3) is 1.00. The highest BCUT2D eigenvalue weighted by molar-refractivity contribution is 4.86. The van der Waals surface area contributed by atoms with Crippen molar-refractivity contribution in [1.82, 2.24) is 0 Å². The Labute approximate surface area is 456 Å². The van der Waals surface area contributed by atoms with E-state index < -0.39 is 0 Å². The first-order valence-corrected chi connectivity index (χ1v) is 35.4. The zero-order valence-corrected chi connectivity index (χ0v) is 50.7. The fourth-order valence-electron chi connectivity index (χ4n) is 17.7. The molecule has 0 amide bonds. The Morgan fingerprint density at radius 1 is 0.375 bits per heavy atom. The summed E-state index contributed by atoms with van der Waals surface area (Å²) in [6.07, 6.45) is 82.1. The number of unbranched alkanes of at least 4 members (excludes halogenated alkanes) is 7. The van der Waals surface area contributed by atoms with E-state index in [0.29, 0.717) is 0 Å². The summed E-state index contributed by atoms with van der Waals surface area (Å²) in [5, 5.41) is 0. The lowest BCUT2D eigenvalue weighted by molar-refractivity contribution is 0.112. The molecular formula is C72H136. The predicted octanol–water partition coefficient (Wildman–Crippen LogP) is 25.2. The van der Waals surface area contributed by atoms with Gasteiger partial charge in [-0.2, -0.15) is 0 Å². The third-order valence-corrected chi connectivity index (χ3v) is 22.8. The van der Waals surface area contributed by atoms with E-state index in [1.54, 1.807) is 77.0 Å². The number of hydrogen-bond acceptors (Lipinski definition) is 0. The molecule has 0 radical (unpaired) electrons.